The Morgan fingerprint density at radius 3 is 1.11 bits per heavy atom. The molecule has 0 N–H and O–H groups in total. The minimum absolute atomic E-state index is 0.304. The molecule has 73 heavy (non-hydrogen) atoms. The fourth-order valence-electron chi connectivity index (χ4n) is 11.3. The predicted octanol–water partition coefficient (Wildman–Crippen LogP) is 19.9. The summed E-state index contributed by atoms with van der Waals surface area (Å²) in [7, 11) is 0. The van der Waals surface area contributed by atoms with Crippen molar-refractivity contribution in [3.63, 3.8) is 0 Å². The number of nitrogens with zero attached hydrogens (tertiary/aromatic N) is 2. The van der Waals surface area contributed by atoms with Crippen LogP contribution in [0.3, 0.4) is 0 Å². The van der Waals surface area contributed by atoms with E-state index in [1.54, 1.807) is 0 Å². The minimum atomic E-state index is -0.304. The van der Waals surface area contributed by atoms with Crippen LogP contribution in [0.5, 0.6) is 0 Å². The van der Waals surface area contributed by atoms with Crippen molar-refractivity contribution >= 4 is 55.7 Å². The van der Waals surface area contributed by atoms with Gasteiger partial charge in [0.15, 0.2) is 0 Å². The summed E-state index contributed by atoms with van der Waals surface area (Å²) < 4.78 is 0. The molecule has 0 fully saturated rings. The Kier molecular flexibility index (Phi) is 10.9. The van der Waals surface area contributed by atoms with Crippen molar-refractivity contribution in [2.75, 3.05) is 9.80 Å². The van der Waals surface area contributed by atoms with E-state index in [0.29, 0.717) is 0 Å². The van der Waals surface area contributed by atoms with Crippen molar-refractivity contribution < 1.29 is 0 Å². The Labute approximate surface area is 428 Å². The molecule has 346 valence electrons. The predicted molar refractivity (Wildman–Crippen MR) is 310 cm³/mol. The van der Waals surface area contributed by atoms with E-state index in [1.165, 1.54) is 88.3 Å². The van der Waals surface area contributed by atoms with Crippen LogP contribution in [0.2, 0.25) is 0 Å². The number of rotatable bonds is 10. The molecule has 0 atom stereocenters. The van der Waals surface area contributed by atoms with Gasteiger partial charge in [0, 0.05) is 39.2 Å². The van der Waals surface area contributed by atoms with E-state index < -0.39 is 0 Å². The molecule has 1 aliphatic rings. The second-order valence-corrected chi connectivity index (χ2v) is 19.7. The molecule has 0 saturated heterocycles. The van der Waals surface area contributed by atoms with Crippen LogP contribution >= 0.6 is 0 Å². The largest absolute Gasteiger partial charge is 0.310 e. The van der Waals surface area contributed by atoms with Crippen molar-refractivity contribution in [3.8, 4) is 55.6 Å². The maximum absolute atomic E-state index is 2.48. The summed E-state index contributed by atoms with van der Waals surface area (Å²) >= 11 is 0. The number of hydrogen-bond donors (Lipinski definition) is 0. The molecule has 1 aliphatic carbocycles. The Morgan fingerprint density at radius 2 is 0.603 bits per heavy atom. The third-order valence-electron chi connectivity index (χ3n) is 15.0. The summed E-state index contributed by atoms with van der Waals surface area (Å²) in [5.41, 5.74) is 21.2. The highest BCUT2D eigenvalue weighted by Gasteiger charge is 2.37. The van der Waals surface area contributed by atoms with Gasteiger partial charge in [0.05, 0.1) is 5.69 Å². The van der Waals surface area contributed by atoms with Crippen LogP contribution in [0.15, 0.2) is 279 Å². The number of fused-ring (bicyclic) bond motifs is 6. The zero-order valence-electron chi connectivity index (χ0n) is 41.0. The summed E-state index contributed by atoms with van der Waals surface area (Å²) in [6, 6.07) is 102. The van der Waals surface area contributed by atoms with Crippen molar-refractivity contribution in [2.45, 2.75) is 19.3 Å². The first kappa shape index (κ1) is 43.8. The lowest BCUT2D eigenvalue weighted by Gasteiger charge is -2.30. The average molecular weight is 933 g/mol. The van der Waals surface area contributed by atoms with Gasteiger partial charge in [-0.3, -0.25) is 0 Å². The lowest BCUT2D eigenvalue weighted by atomic mass is 9.82. The maximum Gasteiger partial charge on any atom is 0.0546 e. The van der Waals surface area contributed by atoms with Gasteiger partial charge in [-0.05, 0) is 156 Å². The van der Waals surface area contributed by atoms with Crippen molar-refractivity contribution in [1.82, 2.24) is 0 Å². The lowest BCUT2D eigenvalue weighted by molar-refractivity contribution is 0.660. The Hall–Kier alpha value is -9.24. The zero-order chi connectivity index (χ0) is 48.9. The van der Waals surface area contributed by atoms with E-state index in [1.807, 2.05) is 0 Å². The summed E-state index contributed by atoms with van der Waals surface area (Å²) in [5.74, 6) is 0. The topological polar surface area (TPSA) is 6.48 Å². The van der Waals surface area contributed by atoms with Crippen LogP contribution in [-0.4, -0.2) is 0 Å². The Morgan fingerprint density at radius 1 is 0.247 bits per heavy atom. The van der Waals surface area contributed by atoms with Gasteiger partial charge in [-0.25, -0.2) is 0 Å². The Bertz CT molecular complexity index is 3870. The maximum atomic E-state index is 2.48. The molecule has 0 heterocycles. The van der Waals surface area contributed by atoms with Gasteiger partial charge in [0.1, 0.15) is 0 Å². The van der Waals surface area contributed by atoms with Crippen LogP contribution in [0.25, 0.3) is 77.2 Å². The second-order valence-electron chi connectivity index (χ2n) is 19.7. The van der Waals surface area contributed by atoms with Gasteiger partial charge in [0.25, 0.3) is 0 Å². The van der Waals surface area contributed by atoms with E-state index in [0.717, 1.165) is 34.1 Å². The molecule has 0 bridgehead atoms. The van der Waals surface area contributed by atoms with Crippen LogP contribution in [0.1, 0.15) is 25.0 Å². The van der Waals surface area contributed by atoms with Gasteiger partial charge in [0.2, 0.25) is 0 Å². The fraction of sp³-hybridized carbons (Fsp3) is 0.0423. The highest BCUT2D eigenvalue weighted by atomic mass is 15.1. The van der Waals surface area contributed by atoms with Crippen LogP contribution < -0.4 is 9.80 Å². The molecule has 0 spiro atoms. The standard InChI is InChI=1S/C71H52N2/c1-71(2)68-47-61(72(58-35-29-52(30-36-58)49-17-6-3-7-18-49)59-37-31-53(32-38-59)50-19-8-4-9-20-50)41-43-65(68)66-44-42-62(48-69(66)71)73(70-46-57-23-12-13-26-63(57)64-27-14-15-28-67(64)70)60-39-33-54(34-40-60)56-25-16-24-55(45-56)51-21-10-5-11-22-51/h3-48H,1-2H3. The van der Waals surface area contributed by atoms with Crippen LogP contribution in [-0.2, 0) is 5.41 Å². The molecule has 0 aromatic heterocycles. The normalized spacial score (nSPS) is 12.4. The monoisotopic (exact) mass is 932 g/mol. The van der Waals surface area contributed by atoms with E-state index in [9.17, 15) is 0 Å². The highest BCUT2D eigenvalue weighted by molar-refractivity contribution is 6.14. The molecule has 12 aromatic rings. The molecule has 0 aliphatic heterocycles. The van der Waals surface area contributed by atoms with E-state index >= 15 is 0 Å². The van der Waals surface area contributed by atoms with Crippen molar-refractivity contribution in [1.29, 1.82) is 0 Å². The van der Waals surface area contributed by atoms with Gasteiger partial charge in [-0.1, -0.05) is 220 Å². The third kappa shape index (κ3) is 7.95. The molecule has 0 unspecified atom stereocenters. The fourth-order valence-corrected chi connectivity index (χ4v) is 11.3. The molecular formula is C71H52N2. The third-order valence-corrected chi connectivity index (χ3v) is 15.0. The second kappa shape index (κ2) is 18.2. The van der Waals surface area contributed by atoms with Gasteiger partial charge in [-0.15, -0.1) is 0 Å². The first-order valence-corrected chi connectivity index (χ1v) is 25.3. The van der Waals surface area contributed by atoms with Gasteiger partial charge >= 0.3 is 0 Å². The first-order chi connectivity index (χ1) is 35.9. The molecule has 2 heteroatoms. The highest BCUT2D eigenvalue weighted by Crippen LogP contribution is 2.53. The SMILES string of the molecule is CC1(C)c2cc(N(c3ccc(-c4ccccc4)cc3)c3ccc(-c4ccccc4)cc3)ccc2-c2ccc(N(c3ccc(-c4cccc(-c5ccccc5)c4)cc3)c3cc4ccccc4c4ccccc34)cc21. The van der Waals surface area contributed by atoms with Crippen molar-refractivity contribution in [2.24, 2.45) is 0 Å². The smallest absolute Gasteiger partial charge is 0.0546 e. The average Bonchev–Trinajstić information content (AvgIpc) is 3.70. The van der Waals surface area contributed by atoms with Gasteiger partial charge < -0.3 is 9.80 Å². The number of hydrogen-bond acceptors (Lipinski definition) is 2. The van der Waals surface area contributed by atoms with Crippen LogP contribution in [0, 0.1) is 0 Å². The lowest BCUT2D eigenvalue weighted by Crippen LogP contribution is -2.17. The zero-order valence-corrected chi connectivity index (χ0v) is 41.0. The van der Waals surface area contributed by atoms with Crippen LogP contribution in [0.4, 0.5) is 34.1 Å². The van der Waals surface area contributed by atoms with E-state index in [4.69, 9.17) is 0 Å². The summed E-state index contributed by atoms with van der Waals surface area (Å²) in [5, 5.41) is 4.92. The van der Waals surface area contributed by atoms with E-state index in [2.05, 4.69) is 303 Å². The number of anilines is 6. The minimum Gasteiger partial charge on any atom is -0.310 e. The molecule has 0 saturated carbocycles. The quantitative estimate of drug-likeness (QED) is 0.126. The molecule has 0 radical (unpaired) electrons. The summed E-state index contributed by atoms with van der Waals surface area (Å²) in [6.07, 6.45) is 0. The summed E-state index contributed by atoms with van der Waals surface area (Å²) in [6.45, 7) is 4.79. The summed E-state index contributed by atoms with van der Waals surface area (Å²) in [4.78, 5) is 4.88. The van der Waals surface area contributed by atoms with Crippen molar-refractivity contribution in [3.05, 3.63) is 290 Å². The molecule has 0 amide bonds. The molecule has 12 aromatic carbocycles. The molecule has 2 nitrogen and oxygen atoms in total. The van der Waals surface area contributed by atoms with Gasteiger partial charge in [-0.2, -0.15) is 0 Å². The molecule has 13 rings (SSSR count). The molecular weight excluding hydrogens is 881 g/mol. The number of benzene rings is 12. The van der Waals surface area contributed by atoms with E-state index in [-0.39, 0.29) is 5.41 Å². The first-order valence-electron chi connectivity index (χ1n) is 25.3. The Balaban J connectivity index is 0.914.